The molecule has 3 aromatic carbocycles. The summed E-state index contributed by atoms with van der Waals surface area (Å²) in [6.07, 6.45) is 6.46. The Bertz CT molecular complexity index is 1160. The highest BCUT2D eigenvalue weighted by atomic mass is 16.5. The summed E-state index contributed by atoms with van der Waals surface area (Å²) in [4.78, 5) is 38.8. The van der Waals surface area contributed by atoms with Crippen LogP contribution < -0.4 is 0 Å². The second-order valence-electron chi connectivity index (χ2n) is 8.14. The molecule has 36 heavy (non-hydrogen) atoms. The van der Waals surface area contributed by atoms with E-state index >= 15 is 0 Å². The predicted molar refractivity (Wildman–Crippen MR) is 141 cm³/mol. The molecule has 1 amide bonds. The van der Waals surface area contributed by atoms with Crippen LogP contribution in [-0.2, 0) is 27.3 Å². The van der Waals surface area contributed by atoms with Crippen LogP contribution in [0.15, 0.2) is 120 Å². The standard InChI is InChI=1S/C30H30N2O4/c1-2-36-30(34)21-18-27(22-24-12-6-3-7-13-24)32(23-25-14-8-4-9-15-25)29(33)20-19-28(31-35)26-16-10-5-11-17-26/h3-21,27-28H,2,22-23H2,1H3/t27-,28?/m1/s1. The van der Waals surface area contributed by atoms with Crippen LogP contribution in [0.25, 0.3) is 0 Å². The van der Waals surface area contributed by atoms with Crippen LogP contribution >= 0.6 is 0 Å². The average molecular weight is 483 g/mol. The maximum absolute atomic E-state index is 13.5. The quantitative estimate of drug-likeness (QED) is 0.185. The van der Waals surface area contributed by atoms with Crippen molar-refractivity contribution in [2.75, 3.05) is 6.61 Å². The molecular weight excluding hydrogens is 452 g/mol. The van der Waals surface area contributed by atoms with Crippen LogP contribution in [0.1, 0.15) is 29.7 Å². The molecule has 0 spiro atoms. The van der Waals surface area contributed by atoms with Crippen LogP contribution in [0.3, 0.4) is 0 Å². The first-order valence-electron chi connectivity index (χ1n) is 11.9. The van der Waals surface area contributed by atoms with Gasteiger partial charge in [-0.3, -0.25) is 4.79 Å². The first-order chi connectivity index (χ1) is 17.6. The molecule has 3 rings (SSSR count). The number of esters is 1. The number of ether oxygens (including phenoxy) is 1. The van der Waals surface area contributed by atoms with Crippen molar-refractivity contribution in [2.24, 2.45) is 5.18 Å². The molecule has 0 aliphatic heterocycles. The summed E-state index contributed by atoms with van der Waals surface area (Å²) in [6.45, 7) is 2.33. The molecule has 0 heterocycles. The summed E-state index contributed by atoms with van der Waals surface area (Å²) < 4.78 is 5.05. The Morgan fingerprint density at radius 3 is 2.00 bits per heavy atom. The molecular formula is C30H30N2O4. The third kappa shape index (κ3) is 8.17. The second-order valence-corrected chi connectivity index (χ2v) is 8.14. The van der Waals surface area contributed by atoms with E-state index in [1.807, 2.05) is 78.9 Å². The largest absolute Gasteiger partial charge is 0.463 e. The van der Waals surface area contributed by atoms with E-state index in [0.717, 1.165) is 11.1 Å². The van der Waals surface area contributed by atoms with Gasteiger partial charge in [-0.05, 0) is 36.1 Å². The van der Waals surface area contributed by atoms with Gasteiger partial charge in [-0.25, -0.2) is 4.79 Å². The van der Waals surface area contributed by atoms with Crippen LogP contribution in [0.4, 0.5) is 0 Å². The molecule has 0 N–H and O–H groups in total. The summed E-state index contributed by atoms with van der Waals surface area (Å²) in [7, 11) is 0. The van der Waals surface area contributed by atoms with Gasteiger partial charge in [0.25, 0.3) is 0 Å². The van der Waals surface area contributed by atoms with Crippen molar-refractivity contribution in [1.82, 2.24) is 4.90 Å². The summed E-state index contributed by atoms with van der Waals surface area (Å²) in [6, 6.07) is 27.3. The molecule has 0 saturated carbocycles. The van der Waals surface area contributed by atoms with E-state index in [0.29, 0.717) is 18.5 Å². The van der Waals surface area contributed by atoms with E-state index in [9.17, 15) is 14.5 Å². The molecule has 2 atom stereocenters. The maximum Gasteiger partial charge on any atom is 0.330 e. The van der Waals surface area contributed by atoms with E-state index in [4.69, 9.17) is 4.74 Å². The van der Waals surface area contributed by atoms with Gasteiger partial charge < -0.3 is 9.64 Å². The van der Waals surface area contributed by atoms with Crippen LogP contribution in [0.5, 0.6) is 0 Å². The minimum atomic E-state index is -0.781. The van der Waals surface area contributed by atoms with Crippen molar-refractivity contribution in [3.05, 3.63) is 137 Å². The van der Waals surface area contributed by atoms with Gasteiger partial charge in [0.05, 0.1) is 12.6 Å². The zero-order valence-corrected chi connectivity index (χ0v) is 20.3. The topological polar surface area (TPSA) is 76.0 Å². The van der Waals surface area contributed by atoms with Crippen molar-refractivity contribution in [3.63, 3.8) is 0 Å². The number of carbonyl (C=O) groups excluding carboxylic acids is 2. The van der Waals surface area contributed by atoms with Gasteiger partial charge >= 0.3 is 5.97 Å². The molecule has 0 aliphatic carbocycles. The monoisotopic (exact) mass is 482 g/mol. The molecule has 3 aromatic rings. The molecule has 0 radical (unpaired) electrons. The highest BCUT2D eigenvalue weighted by Gasteiger charge is 2.22. The molecule has 6 nitrogen and oxygen atoms in total. The van der Waals surface area contributed by atoms with Crippen molar-refractivity contribution in [1.29, 1.82) is 0 Å². The third-order valence-corrected chi connectivity index (χ3v) is 5.58. The lowest BCUT2D eigenvalue weighted by Gasteiger charge is -2.29. The number of rotatable bonds is 12. The van der Waals surface area contributed by atoms with Crippen molar-refractivity contribution in [2.45, 2.75) is 32.0 Å². The van der Waals surface area contributed by atoms with Crippen LogP contribution in [0.2, 0.25) is 0 Å². The molecule has 0 aliphatic rings. The lowest BCUT2D eigenvalue weighted by Crippen LogP contribution is -2.39. The number of hydrogen-bond acceptors (Lipinski definition) is 5. The maximum atomic E-state index is 13.5. The Morgan fingerprint density at radius 2 is 1.42 bits per heavy atom. The molecule has 0 saturated heterocycles. The molecule has 0 fully saturated rings. The Hall–Kier alpha value is -4.32. The minimum Gasteiger partial charge on any atom is -0.463 e. The van der Waals surface area contributed by atoms with E-state index < -0.39 is 18.1 Å². The average Bonchev–Trinajstić information content (AvgIpc) is 2.92. The fourth-order valence-electron chi connectivity index (χ4n) is 3.78. The predicted octanol–water partition coefficient (Wildman–Crippen LogP) is 5.81. The van der Waals surface area contributed by atoms with E-state index in [1.54, 1.807) is 30.0 Å². The van der Waals surface area contributed by atoms with Crippen molar-refractivity contribution < 1.29 is 14.3 Å². The summed E-state index contributed by atoms with van der Waals surface area (Å²) in [5.41, 5.74) is 2.66. The van der Waals surface area contributed by atoms with Crippen LogP contribution in [0, 0.1) is 4.91 Å². The molecule has 184 valence electrons. The van der Waals surface area contributed by atoms with E-state index in [-0.39, 0.29) is 12.5 Å². The Labute approximate surface area is 211 Å². The lowest BCUT2D eigenvalue weighted by molar-refractivity contribution is -0.137. The number of hydrogen-bond donors (Lipinski definition) is 0. The summed E-state index contributed by atoms with van der Waals surface area (Å²) in [5, 5.41) is 3.18. The summed E-state index contributed by atoms with van der Waals surface area (Å²) >= 11 is 0. The number of benzene rings is 3. The second kappa shape index (κ2) is 14.2. The highest BCUT2D eigenvalue weighted by Crippen LogP contribution is 2.20. The van der Waals surface area contributed by atoms with Gasteiger partial charge in [0.1, 0.15) is 6.04 Å². The Kier molecular flexibility index (Phi) is 10.3. The highest BCUT2D eigenvalue weighted by molar-refractivity contribution is 5.88. The smallest absolute Gasteiger partial charge is 0.330 e. The zero-order chi connectivity index (χ0) is 25.6. The first kappa shape index (κ1) is 26.3. The number of nitroso groups, excluding NO2 is 1. The molecule has 0 bridgehead atoms. The fourth-order valence-corrected chi connectivity index (χ4v) is 3.78. The van der Waals surface area contributed by atoms with Gasteiger partial charge in [0, 0.05) is 18.7 Å². The van der Waals surface area contributed by atoms with Gasteiger partial charge in [0.15, 0.2) is 0 Å². The summed E-state index contributed by atoms with van der Waals surface area (Å²) in [5.74, 6) is -0.759. The van der Waals surface area contributed by atoms with Gasteiger partial charge in [0.2, 0.25) is 5.91 Å². The lowest BCUT2D eigenvalue weighted by atomic mass is 10.0. The van der Waals surface area contributed by atoms with E-state index in [2.05, 4.69) is 5.18 Å². The van der Waals surface area contributed by atoms with E-state index in [1.165, 1.54) is 18.2 Å². The third-order valence-electron chi connectivity index (χ3n) is 5.58. The minimum absolute atomic E-state index is 0.265. The zero-order valence-electron chi connectivity index (χ0n) is 20.3. The van der Waals surface area contributed by atoms with Crippen molar-refractivity contribution in [3.8, 4) is 0 Å². The molecule has 1 unspecified atom stereocenters. The van der Waals surface area contributed by atoms with Gasteiger partial charge in [-0.15, -0.1) is 4.91 Å². The fraction of sp³-hybridized carbons (Fsp3) is 0.200. The number of amides is 1. The normalized spacial score (nSPS) is 12.8. The van der Waals surface area contributed by atoms with Gasteiger partial charge in [-0.2, -0.15) is 0 Å². The SMILES string of the molecule is CCOC(=O)C=C[C@H](Cc1ccccc1)N(Cc1ccccc1)C(=O)C=CC(N=O)c1ccccc1. The van der Waals surface area contributed by atoms with Crippen LogP contribution in [-0.4, -0.2) is 29.4 Å². The van der Waals surface area contributed by atoms with Gasteiger partial charge in [-0.1, -0.05) is 102 Å². The van der Waals surface area contributed by atoms with Crippen molar-refractivity contribution >= 4 is 11.9 Å². The molecule has 0 aromatic heterocycles. The molecule has 6 heteroatoms. The number of nitrogens with zero attached hydrogens (tertiary/aromatic N) is 2. The Balaban J connectivity index is 1.94. The number of carbonyl (C=O) groups is 2. The Morgan fingerprint density at radius 1 is 0.833 bits per heavy atom. The first-order valence-corrected chi connectivity index (χ1v) is 11.9.